The SMILES string of the molecule is CC1(C)c2ccccc2-c2cc3c(cc21)Oc1ccc(-c2ccccc2-c2nc(-c4ccccc4)c4ccccc4n2)cc1O3. The van der Waals surface area contributed by atoms with E-state index in [4.69, 9.17) is 19.4 Å². The highest BCUT2D eigenvalue weighted by Crippen LogP contribution is 2.55. The summed E-state index contributed by atoms with van der Waals surface area (Å²) in [7, 11) is 0. The standard InChI is InChI=1S/C41H28N2O2/c1-41(2)32-18-10-8-15-28(32)31-23-37-38(24-33(31)41)44-35-21-20-26(22-36(35)45-37)27-14-6-7-16-29(27)40-42-34-19-11-9-17-30(34)39(43-40)25-12-4-3-5-13-25/h3-24H,1-2H3. The summed E-state index contributed by atoms with van der Waals surface area (Å²) in [6.07, 6.45) is 0. The van der Waals surface area contributed by atoms with E-state index in [0.29, 0.717) is 17.3 Å². The second-order valence-electron chi connectivity index (χ2n) is 12.2. The molecular formula is C41H28N2O2. The highest BCUT2D eigenvalue weighted by atomic mass is 16.6. The first-order valence-electron chi connectivity index (χ1n) is 15.2. The zero-order valence-corrected chi connectivity index (χ0v) is 24.9. The predicted octanol–water partition coefficient (Wildman–Crippen LogP) is 10.8. The molecule has 214 valence electrons. The molecule has 0 saturated carbocycles. The number of benzene rings is 6. The van der Waals surface area contributed by atoms with Gasteiger partial charge in [0.05, 0.1) is 11.2 Å². The lowest BCUT2D eigenvalue weighted by Gasteiger charge is -2.25. The van der Waals surface area contributed by atoms with Gasteiger partial charge in [-0.3, -0.25) is 0 Å². The average molecular weight is 581 g/mol. The third-order valence-corrected chi connectivity index (χ3v) is 9.16. The molecule has 4 heteroatoms. The minimum atomic E-state index is -0.108. The summed E-state index contributed by atoms with van der Waals surface area (Å²) in [5.74, 6) is 3.54. The fraction of sp³-hybridized carbons (Fsp3) is 0.0732. The van der Waals surface area contributed by atoms with Crippen molar-refractivity contribution in [3.8, 4) is 67.9 Å². The van der Waals surface area contributed by atoms with Crippen molar-refractivity contribution in [2.45, 2.75) is 19.3 Å². The van der Waals surface area contributed by atoms with Crippen molar-refractivity contribution < 1.29 is 9.47 Å². The van der Waals surface area contributed by atoms with Crippen LogP contribution in [-0.2, 0) is 5.41 Å². The number of hydrogen-bond acceptors (Lipinski definition) is 4. The van der Waals surface area contributed by atoms with Gasteiger partial charge in [-0.1, -0.05) is 117 Å². The van der Waals surface area contributed by atoms with Gasteiger partial charge in [0.2, 0.25) is 0 Å². The molecule has 1 aliphatic heterocycles. The maximum absolute atomic E-state index is 6.57. The molecule has 0 fully saturated rings. The Kier molecular flexibility index (Phi) is 5.51. The molecule has 0 unspecified atom stereocenters. The van der Waals surface area contributed by atoms with E-state index in [9.17, 15) is 0 Å². The zero-order valence-electron chi connectivity index (χ0n) is 24.9. The molecule has 6 aromatic carbocycles. The molecular weight excluding hydrogens is 552 g/mol. The van der Waals surface area contributed by atoms with Crippen molar-refractivity contribution >= 4 is 10.9 Å². The van der Waals surface area contributed by atoms with Crippen LogP contribution in [0.1, 0.15) is 25.0 Å². The second kappa shape index (κ2) is 9.63. The topological polar surface area (TPSA) is 44.2 Å². The lowest BCUT2D eigenvalue weighted by Crippen LogP contribution is -2.15. The van der Waals surface area contributed by atoms with Gasteiger partial charge in [-0.15, -0.1) is 0 Å². The number of nitrogens with zero attached hydrogens (tertiary/aromatic N) is 2. The molecule has 45 heavy (non-hydrogen) atoms. The maximum Gasteiger partial charge on any atom is 0.170 e. The van der Waals surface area contributed by atoms with Crippen LogP contribution >= 0.6 is 0 Å². The van der Waals surface area contributed by atoms with Crippen LogP contribution in [0.25, 0.3) is 55.8 Å². The van der Waals surface area contributed by atoms with Gasteiger partial charge in [0.25, 0.3) is 0 Å². The molecule has 0 spiro atoms. The van der Waals surface area contributed by atoms with Crippen LogP contribution in [0, 0.1) is 0 Å². The van der Waals surface area contributed by atoms with E-state index in [1.165, 1.54) is 22.3 Å². The van der Waals surface area contributed by atoms with E-state index in [1.54, 1.807) is 0 Å². The van der Waals surface area contributed by atoms with Crippen LogP contribution in [0.5, 0.6) is 23.0 Å². The molecule has 7 aromatic rings. The van der Waals surface area contributed by atoms with E-state index in [1.807, 2.05) is 54.6 Å². The number of rotatable bonds is 3. The van der Waals surface area contributed by atoms with E-state index in [0.717, 1.165) is 50.3 Å². The van der Waals surface area contributed by atoms with Crippen molar-refractivity contribution in [3.63, 3.8) is 0 Å². The normalized spacial score (nSPS) is 13.6. The second-order valence-corrected chi connectivity index (χ2v) is 12.2. The zero-order chi connectivity index (χ0) is 30.1. The Balaban J connectivity index is 1.14. The summed E-state index contributed by atoms with van der Waals surface area (Å²) < 4.78 is 13.0. The maximum atomic E-state index is 6.57. The third-order valence-electron chi connectivity index (χ3n) is 9.16. The number of hydrogen-bond donors (Lipinski definition) is 0. The molecule has 0 atom stereocenters. The Hall–Kier alpha value is -5.74. The molecule has 4 nitrogen and oxygen atoms in total. The summed E-state index contributed by atoms with van der Waals surface area (Å²) >= 11 is 0. The van der Waals surface area contributed by atoms with Crippen LogP contribution < -0.4 is 9.47 Å². The van der Waals surface area contributed by atoms with Gasteiger partial charge in [0.1, 0.15) is 0 Å². The summed E-state index contributed by atoms with van der Waals surface area (Å²) in [4.78, 5) is 10.2. The van der Waals surface area contributed by atoms with Crippen molar-refractivity contribution in [1.82, 2.24) is 9.97 Å². The van der Waals surface area contributed by atoms with Crippen molar-refractivity contribution in [3.05, 3.63) is 145 Å². The molecule has 2 aliphatic rings. The first-order chi connectivity index (χ1) is 22.0. The van der Waals surface area contributed by atoms with Crippen LogP contribution in [0.2, 0.25) is 0 Å². The van der Waals surface area contributed by atoms with Gasteiger partial charge >= 0.3 is 0 Å². The fourth-order valence-corrected chi connectivity index (χ4v) is 6.89. The van der Waals surface area contributed by atoms with Crippen LogP contribution in [0.4, 0.5) is 0 Å². The Morgan fingerprint density at radius 3 is 2.00 bits per heavy atom. The molecule has 0 saturated heterocycles. The average Bonchev–Trinajstić information content (AvgIpc) is 3.31. The summed E-state index contributed by atoms with van der Waals surface area (Å²) in [5, 5.41) is 1.03. The monoisotopic (exact) mass is 580 g/mol. The van der Waals surface area contributed by atoms with E-state index < -0.39 is 0 Å². The van der Waals surface area contributed by atoms with Gasteiger partial charge in [-0.05, 0) is 63.7 Å². The van der Waals surface area contributed by atoms with Gasteiger partial charge in [0.15, 0.2) is 28.8 Å². The van der Waals surface area contributed by atoms with E-state index in [2.05, 4.69) is 92.7 Å². The molecule has 0 amide bonds. The number of aromatic nitrogens is 2. The number of ether oxygens (including phenoxy) is 2. The lowest BCUT2D eigenvalue weighted by atomic mass is 9.82. The van der Waals surface area contributed by atoms with Crippen molar-refractivity contribution in [2.24, 2.45) is 0 Å². The third kappa shape index (κ3) is 3.99. The molecule has 1 aliphatic carbocycles. The highest BCUT2D eigenvalue weighted by Gasteiger charge is 2.37. The minimum absolute atomic E-state index is 0.108. The Morgan fingerprint density at radius 1 is 0.467 bits per heavy atom. The first kappa shape index (κ1) is 25.7. The fourth-order valence-electron chi connectivity index (χ4n) is 6.89. The summed E-state index contributed by atoms with van der Waals surface area (Å²) in [6, 6.07) is 45.8. The molecule has 2 heterocycles. The summed E-state index contributed by atoms with van der Waals surface area (Å²) in [5.41, 5.74) is 10.8. The number of fused-ring (bicyclic) bond motifs is 6. The van der Waals surface area contributed by atoms with Crippen LogP contribution in [-0.4, -0.2) is 9.97 Å². The summed E-state index contributed by atoms with van der Waals surface area (Å²) in [6.45, 7) is 4.54. The Morgan fingerprint density at radius 2 is 1.13 bits per heavy atom. The number of para-hydroxylation sites is 1. The highest BCUT2D eigenvalue weighted by molar-refractivity contribution is 5.95. The van der Waals surface area contributed by atoms with Gasteiger partial charge in [-0.2, -0.15) is 0 Å². The largest absolute Gasteiger partial charge is 0.450 e. The van der Waals surface area contributed by atoms with Gasteiger partial charge in [-0.25, -0.2) is 9.97 Å². The van der Waals surface area contributed by atoms with Crippen LogP contribution in [0.3, 0.4) is 0 Å². The predicted molar refractivity (Wildman–Crippen MR) is 180 cm³/mol. The molecule has 0 bridgehead atoms. The van der Waals surface area contributed by atoms with Crippen molar-refractivity contribution in [1.29, 1.82) is 0 Å². The quantitative estimate of drug-likeness (QED) is 0.208. The van der Waals surface area contributed by atoms with Gasteiger partial charge in [0, 0.05) is 21.9 Å². The lowest BCUT2D eigenvalue weighted by molar-refractivity contribution is 0.359. The Labute approximate surface area is 261 Å². The molecule has 1 aromatic heterocycles. The van der Waals surface area contributed by atoms with Crippen molar-refractivity contribution in [2.75, 3.05) is 0 Å². The molecule has 0 radical (unpaired) electrons. The van der Waals surface area contributed by atoms with Crippen LogP contribution in [0.15, 0.2) is 133 Å². The Bertz CT molecular complexity index is 2310. The van der Waals surface area contributed by atoms with E-state index >= 15 is 0 Å². The molecule has 0 N–H and O–H groups in total. The molecule has 9 rings (SSSR count). The van der Waals surface area contributed by atoms with Gasteiger partial charge < -0.3 is 9.47 Å². The smallest absolute Gasteiger partial charge is 0.170 e. The van der Waals surface area contributed by atoms with E-state index in [-0.39, 0.29) is 5.41 Å². The first-order valence-corrected chi connectivity index (χ1v) is 15.2. The minimum Gasteiger partial charge on any atom is -0.450 e.